The van der Waals surface area contributed by atoms with Crippen molar-refractivity contribution in [3.05, 3.63) is 35.9 Å². The number of hydrogen-bond donors (Lipinski definition) is 3. The zero-order valence-corrected chi connectivity index (χ0v) is 15.9. The maximum Gasteiger partial charge on any atom is 0.408 e. The number of hydrogen-bond acceptors (Lipinski definition) is 6. The number of nitrogens with two attached hydrogens (primary N) is 1. The molecule has 8 heteroatoms. The fourth-order valence-electron chi connectivity index (χ4n) is 2.20. The van der Waals surface area contributed by atoms with Gasteiger partial charge in [-0.25, -0.2) is 9.59 Å². The summed E-state index contributed by atoms with van der Waals surface area (Å²) in [5, 5.41) is 11.5. The highest BCUT2D eigenvalue weighted by molar-refractivity contribution is 5.80. The van der Waals surface area contributed by atoms with Crippen molar-refractivity contribution in [2.45, 2.75) is 64.3 Å². The van der Waals surface area contributed by atoms with Crippen LogP contribution < -0.4 is 11.1 Å². The van der Waals surface area contributed by atoms with E-state index in [0.29, 0.717) is 6.42 Å². The zero-order chi connectivity index (χ0) is 20.4. The summed E-state index contributed by atoms with van der Waals surface area (Å²) in [7, 11) is 0. The fourth-order valence-corrected chi connectivity index (χ4v) is 2.20. The lowest BCUT2D eigenvalue weighted by molar-refractivity contribution is -0.146. The number of alkyl carbamates (subject to hydrolysis) is 1. The molecule has 0 spiro atoms. The number of carboxylic acid groups (broad SMARTS) is 1. The summed E-state index contributed by atoms with van der Waals surface area (Å²) >= 11 is 0. The number of carbonyl (C=O) groups excluding carboxylic acids is 2. The average Bonchev–Trinajstić information content (AvgIpc) is 2.57. The Balaban J connectivity index is 2.37. The van der Waals surface area contributed by atoms with Gasteiger partial charge in [0.2, 0.25) is 0 Å². The Bertz CT molecular complexity index is 627. The van der Waals surface area contributed by atoms with Gasteiger partial charge < -0.3 is 25.6 Å². The van der Waals surface area contributed by atoms with E-state index in [2.05, 4.69) is 5.32 Å². The van der Waals surface area contributed by atoms with Crippen molar-refractivity contribution in [3.8, 4) is 0 Å². The summed E-state index contributed by atoms with van der Waals surface area (Å²) < 4.78 is 10.2. The minimum absolute atomic E-state index is 0.119. The van der Waals surface area contributed by atoms with Crippen LogP contribution >= 0.6 is 0 Å². The first-order valence-electron chi connectivity index (χ1n) is 8.77. The molecule has 0 fully saturated rings. The summed E-state index contributed by atoms with van der Waals surface area (Å²) in [6.07, 6.45) is -0.114. The van der Waals surface area contributed by atoms with E-state index < -0.39 is 35.7 Å². The van der Waals surface area contributed by atoms with Crippen molar-refractivity contribution in [1.29, 1.82) is 0 Å². The second-order valence-electron chi connectivity index (χ2n) is 7.17. The number of carboxylic acids is 1. The highest BCUT2D eigenvalue weighted by Gasteiger charge is 2.24. The Morgan fingerprint density at radius 3 is 2.33 bits per heavy atom. The molecule has 8 nitrogen and oxygen atoms in total. The molecule has 1 aromatic rings. The molecule has 1 amide bonds. The van der Waals surface area contributed by atoms with Gasteiger partial charge in [-0.2, -0.15) is 0 Å². The number of aliphatic carboxylic acids is 1. The van der Waals surface area contributed by atoms with E-state index in [1.807, 2.05) is 30.3 Å². The largest absolute Gasteiger partial charge is 0.480 e. The van der Waals surface area contributed by atoms with Crippen LogP contribution in [0.5, 0.6) is 0 Å². The molecule has 0 aliphatic heterocycles. The van der Waals surface area contributed by atoms with E-state index in [-0.39, 0.29) is 19.4 Å². The van der Waals surface area contributed by atoms with Crippen LogP contribution in [0.4, 0.5) is 4.79 Å². The second-order valence-corrected chi connectivity index (χ2v) is 7.17. The Morgan fingerprint density at radius 1 is 1.15 bits per heavy atom. The minimum atomic E-state index is -1.18. The Kier molecular flexibility index (Phi) is 8.74. The maximum atomic E-state index is 11.9. The molecule has 0 saturated heterocycles. The van der Waals surface area contributed by atoms with Gasteiger partial charge in [0.25, 0.3) is 0 Å². The molecule has 0 aromatic heterocycles. The van der Waals surface area contributed by atoms with E-state index in [1.165, 1.54) is 0 Å². The van der Waals surface area contributed by atoms with Crippen LogP contribution in [0.2, 0.25) is 0 Å². The molecule has 0 heterocycles. The standard InChI is InChI=1S/C19H28N2O6/c1-19(2,3)27-18(25)21-15(16(22)23)11-7-10-14(20)17(24)26-12-13-8-5-4-6-9-13/h4-6,8-9,14-15H,7,10-12,20H2,1-3H3,(H,21,25)(H,22,23)/t14?,15-/m0/s1. The monoisotopic (exact) mass is 380 g/mol. The fraction of sp³-hybridized carbons (Fsp3) is 0.526. The van der Waals surface area contributed by atoms with E-state index in [1.54, 1.807) is 20.8 Å². The van der Waals surface area contributed by atoms with Gasteiger partial charge in [-0.1, -0.05) is 30.3 Å². The predicted octanol–water partition coefficient (Wildman–Crippen LogP) is 2.21. The molecule has 150 valence electrons. The van der Waals surface area contributed by atoms with Crippen molar-refractivity contribution in [2.24, 2.45) is 5.73 Å². The molecule has 4 N–H and O–H groups in total. The molecule has 1 unspecified atom stereocenters. The minimum Gasteiger partial charge on any atom is -0.480 e. The number of amides is 1. The Labute approximate surface area is 159 Å². The predicted molar refractivity (Wildman–Crippen MR) is 98.9 cm³/mol. The smallest absolute Gasteiger partial charge is 0.408 e. The van der Waals surface area contributed by atoms with Crippen molar-refractivity contribution < 1.29 is 29.0 Å². The Morgan fingerprint density at radius 2 is 1.78 bits per heavy atom. The van der Waals surface area contributed by atoms with Gasteiger partial charge in [0, 0.05) is 0 Å². The molecule has 2 atom stereocenters. The Hall–Kier alpha value is -2.61. The van der Waals surface area contributed by atoms with Crippen molar-refractivity contribution in [2.75, 3.05) is 0 Å². The third-order valence-corrected chi connectivity index (χ3v) is 3.52. The molecule has 0 aliphatic carbocycles. The van der Waals surface area contributed by atoms with Gasteiger partial charge in [-0.05, 0) is 45.6 Å². The lowest BCUT2D eigenvalue weighted by Crippen LogP contribution is -2.43. The van der Waals surface area contributed by atoms with Crippen LogP contribution in [-0.4, -0.2) is 40.8 Å². The zero-order valence-electron chi connectivity index (χ0n) is 15.9. The lowest BCUT2D eigenvalue weighted by Gasteiger charge is -2.22. The summed E-state index contributed by atoms with van der Waals surface area (Å²) in [5.74, 6) is -1.73. The molecule has 1 aromatic carbocycles. The summed E-state index contributed by atoms with van der Waals surface area (Å²) in [5.41, 5.74) is 5.92. The molecule has 27 heavy (non-hydrogen) atoms. The van der Waals surface area contributed by atoms with Crippen LogP contribution in [0.25, 0.3) is 0 Å². The first-order valence-corrected chi connectivity index (χ1v) is 8.77. The van der Waals surface area contributed by atoms with Gasteiger partial charge in [0.15, 0.2) is 0 Å². The van der Waals surface area contributed by atoms with Crippen LogP contribution in [0.1, 0.15) is 45.6 Å². The normalized spacial score (nSPS) is 13.3. The second kappa shape index (κ2) is 10.5. The highest BCUT2D eigenvalue weighted by atomic mass is 16.6. The molecule has 0 aliphatic rings. The average molecular weight is 380 g/mol. The molecule has 0 radical (unpaired) electrons. The molecule has 1 rings (SSSR count). The number of rotatable bonds is 9. The number of benzene rings is 1. The van der Waals surface area contributed by atoms with Crippen LogP contribution in [0, 0.1) is 0 Å². The van der Waals surface area contributed by atoms with Crippen LogP contribution in [-0.2, 0) is 25.7 Å². The van der Waals surface area contributed by atoms with Gasteiger partial charge in [0.05, 0.1) is 0 Å². The molecule has 0 bridgehead atoms. The third-order valence-electron chi connectivity index (χ3n) is 3.52. The number of ether oxygens (including phenoxy) is 2. The van der Waals surface area contributed by atoms with Crippen molar-refractivity contribution in [1.82, 2.24) is 5.32 Å². The highest BCUT2D eigenvalue weighted by Crippen LogP contribution is 2.10. The maximum absolute atomic E-state index is 11.9. The molecular weight excluding hydrogens is 352 g/mol. The number of carbonyl (C=O) groups is 3. The topological polar surface area (TPSA) is 128 Å². The summed E-state index contributed by atoms with van der Waals surface area (Å²) in [6.45, 7) is 5.18. The number of nitrogens with one attached hydrogen (secondary N) is 1. The molecular formula is C19H28N2O6. The third kappa shape index (κ3) is 9.60. The first kappa shape index (κ1) is 22.4. The van der Waals surface area contributed by atoms with Crippen molar-refractivity contribution in [3.63, 3.8) is 0 Å². The SMILES string of the molecule is CC(C)(C)OC(=O)N[C@@H](CCCC(N)C(=O)OCc1ccccc1)C(=O)O. The van der Waals surface area contributed by atoms with E-state index in [9.17, 15) is 19.5 Å². The van der Waals surface area contributed by atoms with Gasteiger partial charge >= 0.3 is 18.0 Å². The van der Waals surface area contributed by atoms with Crippen molar-refractivity contribution >= 4 is 18.0 Å². The molecule has 0 saturated carbocycles. The van der Waals surface area contributed by atoms with Crippen LogP contribution in [0.3, 0.4) is 0 Å². The van der Waals surface area contributed by atoms with E-state index in [0.717, 1.165) is 5.56 Å². The quantitative estimate of drug-likeness (QED) is 0.560. The van der Waals surface area contributed by atoms with E-state index >= 15 is 0 Å². The van der Waals surface area contributed by atoms with Gasteiger partial charge in [-0.15, -0.1) is 0 Å². The number of esters is 1. The first-order chi connectivity index (χ1) is 12.6. The van der Waals surface area contributed by atoms with Crippen LogP contribution in [0.15, 0.2) is 30.3 Å². The summed E-state index contributed by atoms with van der Waals surface area (Å²) in [6, 6.07) is 7.23. The lowest BCUT2D eigenvalue weighted by atomic mass is 10.1. The van der Waals surface area contributed by atoms with Gasteiger partial charge in [-0.3, -0.25) is 4.79 Å². The summed E-state index contributed by atoms with van der Waals surface area (Å²) in [4.78, 5) is 34.9. The van der Waals surface area contributed by atoms with E-state index in [4.69, 9.17) is 15.2 Å². The van der Waals surface area contributed by atoms with Gasteiger partial charge in [0.1, 0.15) is 24.3 Å².